The Bertz CT molecular complexity index is 721. The molecule has 0 radical (unpaired) electrons. The minimum atomic E-state index is -0.710. The van der Waals surface area contributed by atoms with E-state index in [0.29, 0.717) is 21.6 Å². The molecule has 0 N–H and O–H groups in total. The zero-order valence-corrected chi connectivity index (χ0v) is 14.0. The first kappa shape index (κ1) is 16.5. The van der Waals surface area contributed by atoms with Crippen LogP contribution < -0.4 is 4.74 Å². The van der Waals surface area contributed by atoms with Crippen LogP contribution in [0.15, 0.2) is 24.3 Å². The zero-order valence-electron chi connectivity index (χ0n) is 12.5. The quantitative estimate of drug-likeness (QED) is 0.826. The number of aryl methyl sites for hydroxylation is 1. The van der Waals surface area contributed by atoms with Crippen LogP contribution in [0.5, 0.6) is 5.75 Å². The van der Waals surface area contributed by atoms with Crippen molar-refractivity contribution in [2.75, 3.05) is 0 Å². The van der Waals surface area contributed by atoms with Crippen molar-refractivity contribution < 1.29 is 4.74 Å². The molecule has 0 saturated heterocycles. The molecule has 1 heterocycles. The van der Waals surface area contributed by atoms with Crippen molar-refractivity contribution >= 4 is 23.2 Å². The van der Waals surface area contributed by atoms with E-state index < -0.39 is 5.41 Å². The molecular formula is C16H15Cl2N3O. The summed E-state index contributed by atoms with van der Waals surface area (Å²) in [4.78, 5) is 0. The summed E-state index contributed by atoms with van der Waals surface area (Å²) in [5.41, 5.74) is 1.57. The Balaban J connectivity index is 2.32. The van der Waals surface area contributed by atoms with Crippen LogP contribution in [0, 0.1) is 18.3 Å². The van der Waals surface area contributed by atoms with Gasteiger partial charge in [-0.25, -0.2) is 0 Å². The van der Waals surface area contributed by atoms with Crippen molar-refractivity contribution in [2.45, 2.75) is 32.8 Å². The van der Waals surface area contributed by atoms with Crippen LogP contribution >= 0.6 is 23.2 Å². The lowest BCUT2D eigenvalue weighted by atomic mass is 9.85. The minimum absolute atomic E-state index is 0.236. The van der Waals surface area contributed by atoms with Crippen molar-refractivity contribution in [3.05, 3.63) is 51.3 Å². The average Bonchev–Trinajstić information content (AvgIpc) is 2.49. The van der Waals surface area contributed by atoms with Gasteiger partial charge >= 0.3 is 0 Å². The molecule has 0 aliphatic carbocycles. The van der Waals surface area contributed by atoms with Crippen molar-refractivity contribution in [2.24, 2.45) is 0 Å². The fraction of sp³-hybridized carbons (Fsp3) is 0.312. The van der Waals surface area contributed by atoms with Gasteiger partial charge in [-0.05, 0) is 50.6 Å². The third kappa shape index (κ3) is 3.68. The Morgan fingerprint density at radius 3 is 2.55 bits per heavy atom. The highest BCUT2D eigenvalue weighted by Gasteiger charge is 2.25. The van der Waals surface area contributed by atoms with Gasteiger partial charge in [0.15, 0.2) is 5.15 Å². The minimum Gasteiger partial charge on any atom is -0.487 e. The molecular weight excluding hydrogens is 321 g/mol. The molecule has 0 unspecified atom stereocenters. The average molecular weight is 336 g/mol. The Kier molecular flexibility index (Phi) is 4.90. The number of benzene rings is 1. The molecule has 0 bridgehead atoms. The van der Waals surface area contributed by atoms with E-state index in [4.69, 9.17) is 27.9 Å². The van der Waals surface area contributed by atoms with Crippen LogP contribution in [0.1, 0.15) is 30.7 Å². The predicted octanol–water partition coefficient (Wildman–Crippen LogP) is 4.47. The lowest BCUT2D eigenvalue weighted by Gasteiger charge is -2.21. The van der Waals surface area contributed by atoms with Gasteiger partial charge in [0.05, 0.1) is 11.5 Å². The van der Waals surface area contributed by atoms with Crippen LogP contribution in [0.3, 0.4) is 0 Å². The molecule has 0 fully saturated rings. The molecule has 0 aliphatic heterocycles. The SMILES string of the molecule is Cc1cc(OCc2ccc(Cl)nn2)c(C(C)(C)C#N)cc1Cl. The Morgan fingerprint density at radius 1 is 1.23 bits per heavy atom. The lowest BCUT2D eigenvalue weighted by Crippen LogP contribution is -2.16. The monoisotopic (exact) mass is 335 g/mol. The number of ether oxygens (including phenoxy) is 1. The normalized spacial score (nSPS) is 11.1. The second-order valence-electron chi connectivity index (χ2n) is 5.47. The third-order valence-corrected chi connectivity index (χ3v) is 3.89. The Morgan fingerprint density at radius 2 is 1.95 bits per heavy atom. The summed E-state index contributed by atoms with van der Waals surface area (Å²) in [5, 5.41) is 18.0. The first-order valence-electron chi connectivity index (χ1n) is 6.66. The maximum Gasteiger partial charge on any atom is 0.151 e. The summed E-state index contributed by atoms with van der Waals surface area (Å²) in [6.45, 7) is 5.77. The van der Waals surface area contributed by atoms with Crippen molar-refractivity contribution in [1.29, 1.82) is 5.26 Å². The maximum absolute atomic E-state index is 9.36. The van der Waals surface area contributed by atoms with E-state index in [1.165, 1.54) is 0 Å². The van der Waals surface area contributed by atoms with Gasteiger partial charge in [-0.2, -0.15) is 10.4 Å². The number of hydrogen-bond acceptors (Lipinski definition) is 4. The van der Waals surface area contributed by atoms with E-state index in [2.05, 4.69) is 16.3 Å². The van der Waals surface area contributed by atoms with Gasteiger partial charge in [0.1, 0.15) is 18.1 Å². The second kappa shape index (κ2) is 6.51. The number of halogens is 2. The zero-order chi connectivity index (χ0) is 16.3. The molecule has 0 atom stereocenters. The van der Waals surface area contributed by atoms with Gasteiger partial charge in [-0.15, -0.1) is 5.10 Å². The standard InChI is InChI=1S/C16H15Cl2N3O/c1-10-6-14(12(7-13(10)17)16(2,3)9-19)22-8-11-4-5-15(18)21-20-11/h4-7H,8H2,1-3H3. The molecule has 1 aromatic heterocycles. The molecule has 4 nitrogen and oxygen atoms in total. The summed E-state index contributed by atoms with van der Waals surface area (Å²) in [5.74, 6) is 0.616. The highest BCUT2D eigenvalue weighted by Crippen LogP contribution is 2.35. The van der Waals surface area contributed by atoms with Gasteiger partial charge < -0.3 is 4.74 Å². The molecule has 0 amide bonds. The molecule has 0 spiro atoms. The van der Waals surface area contributed by atoms with Crippen molar-refractivity contribution in [3.63, 3.8) is 0 Å². The van der Waals surface area contributed by atoms with Gasteiger partial charge in [-0.1, -0.05) is 23.2 Å². The van der Waals surface area contributed by atoms with Crippen LogP contribution in [0.4, 0.5) is 0 Å². The first-order valence-corrected chi connectivity index (χ1v) is 7.42. The van der Waals surface area contributed by atoms with Crippen LogP contribution in [0.25, 0.3) is 0 Å². The van der Waals surface area contributed by atoms with Gasteiger partial charge in [0.2, 0.25) is 0 Å². The number of rotatable bonds is 4. The fourth-order valence-electron chi connectivity index (χ4n) is 1.90. The molecule has 2 rings (SSSR count). The van der Waals surface area contributed by atoms with Gasteiger partial charge in [0.25, 0.3) is 0 Å². The third-order valence-electron chi connectivity index (χ3n) is 3.28. The second-order valence-corrected chi connectivity index (χ2v) is 6.26. The molecule has 22 heavy (non-hydrogen) atoms. The largest absolute Gasteiger partial charge is 0.487 e. The number of nitrogens with zero attached hydrogens (tertiary/aromatic N) is 3. The van der Waals surface area contributed by atoms with E-state index in [1.807, 2.05) is 26.8 Å². The molecule has 0 saturated carbocycles. The molecule has 0 aliphatic rings. The molecule has 114 valence electrons. The lowest BCUT2D eigenvalue weighted by molar-refractivity contribution is 0.293. The summed E-state index contributed by atoms with van der Waals surface area (Å²) in [6, 6.07) is 9.28. The van der Waals surface area contributed by atoms with Crippen molar-refractivity contribution in [3.8, 4) is 11.8 Å². The highest BCUT2D eigenvalue weighted by atomic mass is 35.5. The van der Waals surface area contributed by atoms with Crippen LogP contribution in [-0.4, -0.2) is 10.2 Å². The van der Waals surface area contributed by atoms with Gasteiger partial charge in [-0.3, -0.25) is 0 Å². The highest BCUT2D eigenvalue weighted by molar-refractivity contribution is 6.31. The number of aromatic nitrogens is 2. The van der Waals surface area contributed by atoms with E-state index in [1.54, 1.807) is 18.2 Å². The fourth-order valence-corrected chi connectivity index (χ4v) is 2.16. The first-order chi connectivity index (χ1) is 10.3. The summed E-state index contributed by atoms with van der Waals surface area (Å²) < 4.78 is 5.83. The van der Waals surface area contributed by atoms with E-state index >= 15 is 0 Å². The van der Waals surface area contributed by atoms with E-state index in [9.17, 15) is 5.26 Å². The Hall–Kier alpha value is -1.83. The Labute approximate surface area is 139 Å². The smallest absolute Gasteiger partial charge is 0.151 e. The molecule has 1 aromatic carbocycles. The van der Waals surface area contributed by atoms with E-state index in [-0.39, 0.29) is 6.61 Å². The number of hydrogen-bond donors (Lipinski definition) is 0. The molecule has 6 heteroatoms. The van der Waals surface area contributed by atoms with Gasteiger partial charge in [0, 0.05) is 10.6 Å². The van der Waals surface area contributed by atoms with Crippen LogP contribution in [0.2, 0.25) is 10.2 Å². The maximum atomic E-state index is 9.36. The van der Waals surface area contributed by atoms with E-state index in [0.717, 1.165) is 11.1 Å². The predicted molar refractivity (Wildman–Crippen MR) is 86.2 cm³/mol. The topological polar surface area (TPSA) is 58.8 Å². The summed E-state index contributed by atoms with van der Waals surface area (Å²) >= 11 is 11.9. The number of nitriles is 1. The summed E-state index contributed by atoms with van der Waals surface area (Å²) in [7, 11) is 0. The van der Waals surface area contributed by atoms with Crippen molar-refractivity contribution in [1.82, 2.24) is 10.2 Å². The summed E-state index contributed by atoms with van der Waals surface area (Å²) in [6.07, 6.45) is 0. The molecule has 2 aromatic rings. The van der Waals surface area contributed by atoms with Crippen LogP contribution in [-0.2, 0) is 12.0 Å².